The van der Waals surface area contributed by atoms with Crippen molar-refractivity contribution in [2.75, 3.05) is 11.9 Å². The molecule has 0 aromatic heterocycles. The molecule has 0 radical (unpaired) electrons. The number of anilines is 1. The highest BCUT2D eigenvalue weighted by Gasteiger charge is 2.00. The van der Waals surface area contributed by atoms with Crippen LogP contribution in [0.5, 0.6) is 11.5 Å². The van der Waals surface area contributed by atoms with Gasteiger partial charge in [0, 0.05) is 12.2 Å². The van der Waals surface area contributed by atoms with E-state index in [1.54, 1.807) is 18.2 Å². The van der Waals surface area contributed by atoms with Gasteiger partial charge >= 0.3 is 0 Å². The maximum absolute atomic E-state index is 9.33. The Hall–Kier alpha value is -2.38. The smallest absolute Gasteiger partial charge is 0.174 e. The summed E-state index contributed by atoms with van der Waals surface area (Å²) in [5.41, 5.74) is 1.90. The number of nitriles is 1. The maximum Gasteiger partial charge on any atom is 0.174 e. The van der Waals surface area contributed by atoms with E-state index >= 15 is 0 Å². The molecule has 4 nitrogen and oxygen atoms in total. The van der Waals surface area contributed by atoms with Crippen LogP contribution in [0.1, 0.15) is 5.56 Å². The van der Waals surface area contributed by atoms with Crippen LogP contribution in [-0.4, -0.2) is 11.7 Å². The summed E-state index contributed by atoms with van der Waals surface area (Å²) in [5.74, 6) is 0.735. The monoisotopic (exact) mass is 288 g/mol. The number of nitrogens with zero attached hydrogens (tertiary/aromatic N) is 1. The minimum atomic E-state index is 0.0452. The Labute approximate surface area is 122 Å². The van der Waals surface area contributed by atoms with Gasteiger partial charge < -0.3 is 15.2 Å². The Morgan fingerprint density at radius 1 is 1.20 bits per heavy atom. The quantitative estimate of drug-likeness (QED) is 0.826. The molecule has 0 aliphatic heterocycles. The molecule has 0 aliphatic carbocycles. The second-order valence-corrected chi connectivity index (χ2v) is 4.52. The Morgan fingerprint density at radius 2 is 1.95 bits per heavy atom. The van der Waals surface area contributed by atoms with E-state index in [1.165, 1.54) is 0 Å². The molecule has 0 amide bonds. The lowest BCUT2D eigenvalue weighted by atomic mass is 10.2. The molecule has 5 heteroatoms. The number of rotatable bonds is 5. The molecule has 0 aliphatic rings. The summed E-state index contributed by atoms with van der Waals surface area (Å²) in [6.45, 7) is 0.670. The molecule has 20 heavy (non-hydrogen) atoms. The molecule has 102 valence electrons. The average molecular weight is 289 g/mol. The van der Waals surface area contributed by atoms with Crippen LogP contribution in [0.25, 0.3) is 0 Å². The lowest BCUT2D eigenvalue weighted by Gasteiger charge is -2.08. The Bertz CT molecular complexity index is 621. The van der Waals surface area contributed by atoms with Crippen molar-refractivity contribution in [2.45, 2.75) is 6.54 Å². The van der Waals surface area contributed by atoms with Crippen LogP contribution >= 0.6 is 11.6 Å². The Kier molecular flexibility index (Phi) is 4.70. The molecule has 2 rings (SSSR count). The van der Waals surface area contributed by atoms with Crippen molar-refractivity contribution in [1.29, 1.82) is 5.26 Å². The highest BCUT2D eigenvalue weighted by atomic mass is 35.5. The number of phenols is 1. The van der Waals surface area contributed by atoms with Crippen molar-refractivity contribution in [3.05, 3.63) is 53.1 Å². The lowest BCUT2D eigenvalue weighted by molar-refractivity contribution is 0.368. The van der Waals surface area contributed by atoms with Gasteiger partial charge in [-0.25, -0.2) is 0 Å². The largest absolute Gasteiger partial charge is 0.506 e. The zero-order chi connectivity index (χ0) is 14.4. The van der Waals surface area contributed by atoms with Crippen LogP contribution in [0.4, 0.5) is 5.69 Å². The fourth-order valence-electron chi connectivity index (χ4n) is 1.64. The van der Waals surface area contributed by atoms with Crippen molar-refractivity contribution in [1.82, 2.24) is 0 Å². The second kappa shape index (κ2) is 6.69. The minimum Gasteiger partial charge on any atom is -0.506 e. The first kappa shape index (κ1) is 14.0. The van der Waals surface area contributed by atoms with E-state index in [9.17, 15) is 5.11 Å². The van der Waals surface area contributed by atoms with E-state index in [0.29, 0.717) is 17.3 Å². The van der Waals surface area contributed by atoms with Crippen LogP contribution in [0.15, 0.2) is 42.5 Å². The van der Waals surface area contributed by atoms with Crippen molar-refractivity contribution >= 4 is 17.3 Å². The van der Waals surface area contributed by atoms with Crippen LogP contribution in [0.2, 0.25) is 5.02 Å². The number of hydrogen-bond donors (Lipinski definition) is 2. The molecule has 2 aromatic carbocycles. The highest BCUT2D eigenvalue weighted by molar-refractivity contribution is 6.32. The maximum atomic E-state index is 9.33. The minimum absolute atomic E-state index is 0.0452. The number of ether oxygens (including phenoxy) is 1. The summed E-state index contributed by atoms with van der Waals surface area (Å²) in [6, 6.07) is 14.4. The molecule has 0 atom stereocenters. The summed E-state index contributed by atoms with van der Waals surface area (Å²) in [6.07, 6.45) is 0. The van der Waals surface area contributed by atoms with Gasteiger partial charge in [-0.05, 0) is 35.9 Å². The van der Waals surface area contributed by atoms with Crippen molar-refractivity contribution in [3.63, 3.8) is 0 Å². The highest BCUT2D eigenvalue weighted by Crippen LogP contribution is 2.26. The Balaban J connectivity index is 1.93. The summed E-state index contributed by atoms with van der Waals surface area (Å²) in [4.78, 5) is 0. The number of hydrogen-bond acceptors (Lipinski definition) is 4. The van der Waals surface area contributed by atoms with Crippen LogP contribution in [0, 0.1) is 11.3 Å². The van der Waals surface area contributed by atoms with E-state index in [2.05, 4.69) is 5.32 Å². The number of phenolic OH excluding ortho intramolecular Hbond substituents is 1. The topological polar surface area (TPSA) is 65.3 Å². The summed E-state index contributed by atoms with van der Waals surface area (Å²) >= 11 is 5.83. The molecule has 0 spiro atoms. The van der Waals surface area contributed by atoms with E-state index in [4.69, 9.17) is 21.6 Å². The third-order valence-corrected chi connectivity index (χ3v) is 2.97. The van der Waals surface area contributed by atoms with E-state index < -0.39 is 0 Å². The zero-order valence-electron chi connectivity index (χ0n) is 10.6. The van der Waals surface area contributed by atoms with Gasteiger partial charge in [0.25, 0.3) is 0 Å². The third kappa shape index (κ3) is 3.81. The molecular weight excluding hydrogens is 276 g/mol. The van der Waals surface area contributed by atoms with E-state index in [1.807, 2.05) is 30.3 Å². The van der Waals surface area contributed by atoms with Crippen LogP contribution in [0.3, 0.4) is 0 Å². The molecule has 0 saturated heterocycles. The SMILES string of the molecule is N#CCOc1ccc(CNc2ccc(O)c(Cl)c2)cc1. The molecule has 2 aromatic rings. The molecule has 0 heterocycles. The second-order valence-electron chi connectivity index (χ2n) is 4.11. The number of benzene rings is 2. The van der Waals surface area contributed by atoms with Gasteiger partial charge in [-0.15, -0.1) is 0 Å². The van der Waals surface area contributed by atoms with E-state index in [0.717, 1.165) is 11.3 Å². The lowest BCUT2D eigenvalue weighted by Crippen LogP contribution is -1.99. The first-order chi connectivity index (χ1) is 9.69. The molecule has 0 saturated carbocycles. The number of nitrogens with one attached hydrogen (secondary N) is 1. The van der Waals surface area contributed by atoms with Crippen LogP contribution in [-0.2, 0) is 6.54 Å². The normalized spacial score (nSPS) is 9.80. The first-order valence-electron chi connectivity index (χ1n) is 6.00. The van der Waals surface area contributed by atoms with Crippen molar-refractivity contribution in [2.24, 2.45) is 0 Å². The summed E-state index contributed by atoms with van der Waals surface area (Å²) in [7, 11) is 0. The summed E-state index contributed by atoms with van der Waals surface area (Å²) in [5, 5.41) is 21.3. The van der Waals surface area contributed by atoms with Gasteiger partial charge in [-0.2, -0.15) is 5.26 Å². The van der Waals surface area contributed by atoms with Crippen molar-refractivity contribution < 1.29 is 9.84 Å². The molecular formula is C15H13ClN2O2. The van der Waals surface area contributed by atoms with Gasteiger partial charge in [0.15, 0.2) is 6.61 Å². The fourth-order valence-corrected chi connectivity index (χ4v) is 1.82. The number of aromatic hydroxyl groups is 1. The predicted octanol–water partition coefficient (Wildman–Crippen LogP) is 3.56. The molecule has 2 N–H and O–H groups in total. The zero-order valence-corrected chi connectivity index (χ0v) is 11.4. The summed E-state index contributed by atoms with van der Waals surface area (Å²) < 4.78 is 5.18. The average Bonchev–Trinajstić information content (AvgIpc) is 2.47. The van der Waals surface area contributed by atoms with Gasteiger partial charge in [-0.1, -0.05) is 23.7 Å². The Morgan fingerprint density at radius 3 is 2.60 bits per heavy atom. The van der Waals surface area contributed by atoms with Gasteiger partial charge in [0.2, 0.25) is 0 Å². The van der Waals surface area contributed by atoms with Gasteiger partial charge in [-0.3, -0.25) is 0 Å². The molecule has 0 unspecified atom stereocenters. The van der Waals surface area contributed by atoms with Gasteiger partial charge in [0.1, 0.15) is 17.6 Å². The standard InChI is InChI=1S/C15H13ClN2O2/c16-14-9-12(3-6-15(14)19)18-10-11-1-4-13(5-2-11)20-8-7-17/h1-6,9,18-19H,8,10H2. The van der Waals surface area contributed by atoms with Crippen molar-refractivity contribution in [3.8, 4) is 17.6 Å². The van der Waals surface area contributed by atoms with E-state index in [-0.39, 0.29) is 12.4 Å². The molecule has 0 bridgehead atoms. The fraction of sp³-hybridized carbons (Fsp3) is 0.133. The van der Waals surface area contributed by atoms with Gasteiger partial charge in [0.05, 0.1) is 5.02 Å². The number of halogens is 1. The molecule has 0 fully saturated rings. The van der Waals surface area contributed by atoms with Crippen LogP contribution < -0.4 is 10.1 Å². The third-order valence-electron chi connectivity index (χ3n) is 2.67. The first-order valence-corrected chi connectivity index (χ1v) is 6.38. The predicted molar refractivity (Wildman–Crippen MR) is 78.0 cm³/mol.